The molecule has 1 aliphatic heterocycles. The molecule has 16 heavy (non-hydrogen) atoms. The molecule has 94 valence electrons. The summed E-state index contributed by atoms with van der Waals surface area (Å²) < 4.78 is 26.1. The van der Waals surface area contributed by atoms with Gasteiger partial charge in [0.05, 0.1) is 5.92 Å². The van der Waals surface area contributed by atoms with Crippen molar-refractivity contribution in [1.29, 1.82) is 0 Å². The monoisotopic (exact) mass is 250 g/mol. The highest BCUT2D eigenvalue weighted by atomic mass is 32.2. The number of carbonyl (C=O) groups is 1. The average molecular weight is 250 g/mol. The first-order valence-electron chi connectivity index (χ1n) is 5.19. The second-order valence-corrected chi connectivity index (χ2v) is 6.57. The van der Waals surface area contributed by atoms with E-state index in [1.807, 2.05) is 13.8 Å². The fraction of sp³-hybridized carbons (Fsp3) is 0.889. The molecule has 0 saturated carbocycles. The van der Waals surface area contributed by atoms with Crippen LogP contribution in [0, 0.1) is 11.8 Å². The highest BCUT2D eigenvalue weighted by Gasteiger charge is 2.38. The molecule has 0 radical (unpaired) electrons. The van der Waals surface area contributed by atoms with Gasteiger partial charge in [-0.25, -0.2) is 0 Å². The van der Waals surface area contributed by atoms with Crippen molar-refractivity contribution in [3.05, 3.63) is 0 Å². The summed E-state index contributed by atoms with van der Waals surface area (Å²) in [6.45, 7) is 4.28. The Labute approximate surface area is 96.0 Å². The number of hydrogen-bond acceptors (Lipinski definition) is 3. The lowest BCUT2D eigenvalue weighted by atomic mass is 10.1. The van der Waals surface area contributed by atoms with Crippen LogP contribution in [0.15, 0.2) is 0 Å². The van der Waals surface area contributed by atoms with E-state index in [-0.39, 0.29) is 19.0 Å². The van der Waals surface area contributed by atoms with E-state index in [1.165, 1.54) is 11.4 Å². The van der Waals surface area contributed by atoms with Crippen LogP contribution < -0.4 is 0 Å². The Balaban J connectivity index is 2.89. The number of carboxylic acid groups (broad SMARTS) is 1. The maximum Gasteiger partial charge on any atom is 0.309 e. The highest BCUT2D eigenvalue weighted by Crippen LogP contribution is 2.20. The highest BCUT2D eigenvalue weighted by molar-refractivity contribution is 7.86. The van der Waals surface area contributed by atoms with Crippen molar-refractivity contribution in [1.82, 2.24) is 8.61 Å². The Morgan fingerprint density at radius 3 is 2.44 bits per heavy atom. The summed E-state index contributed by atoms with van der Waals surface area (Å²) in [5.41, 5.74) is 0. The van der Waals surface area contributed by atoms with Crippen LogP contribution in [0.25, 0.3) is 0 Å². The van der Waals surface area contributed by atoms with Gasteiger partial charge in [-0.1, -0.05) is 13.8 Å². The first-order chi connectivity index (χ1) is 7.25. The van der Waals surface area contributed by atoms with Crippen molar-refractivity contribution in [2.45, 2.75) is 13.8 Å². The van der Waals surface area contributed by atoms with E-state index >= 15 is 0 Å². The molecule has 1 N–H and O–H groups in total. The van der Waals surface area contributed by atoms with Gasteiger partial charge in [-0.05, 0) is 5.92 Å². The van der Waals surface area contributed by atoms with Crippen molar-refractivity contribution in [2.75, 3.05) is 26.7 Å². The topological polar surface area (TPSA) is 77.9 Å². The third kappa shape index (κ3) is 2.72. The van der Waals surface area contributed by atoms with Crippen molar-refractivity contribution in [3.8, 4) is 0 Å². The lowest BCUT2D eigenvalue weighted by Crippen LogP contribution is -2.54. The van der Waals surface area contributed by atoms with E-state index < -0.39 is 22.1 Å². The van der Waals surface area contributed by atoms with E-state index in [9.17, 15) is 13.2 Å². The van der Waals surface area contributed by atoms with E-state index in [0.29, 0.717) is 6.54 Å². The maximum atomic E-state index is 11.9. The molecule has 1 rings (SSSR count). The SMILES string of the molecule is CC(C)CN1CC(C(=O)O)CN(C)S1(=O)=O. The Kier molecular flexibility index (Phi) is 3.92. The number of rotatable bonds is 3. The molecule has 7 heteroatoms. The fourth-order valence-corrected chi connectivity index (χ4v) is 3.35. The van der Waals surface area contributed by atoms with Crippen molar-refractivity contribution in [3.63, 3.8) is 0 Å². The summed E-state index contributed by atoms with van der Waals surface area (Å²) in [5, 5.41) is 8.93. The van der Waals surface area contributed by atoms with Crippen LogP contribution in [0.1, 0.15) is 13.8 Å². The molecule has 1 fully saturated rings. The van der Waals surface area contributed by atoms with Crippen LogP contribution in [0.4, 0.5) is 0 Å². The van der Waals surface area contributed by atoms with Crippen molar-refractivity contribution in [2.24, 2.45) is 11.8 Å². The minimum absolute atomic E-state index is 0.0479. The van der Waals surface area contributed by atoms with Crippen LogP contribution in [0.3, 0.4) is 0 Å². The fourth-order valence-electron chi connectivity index (χ4n) is 1.73. The normalized spacial score (nSPS) is 27.1. The van der Waals surface area contributed by atoms with Crippen LogP contribution >= 0.6 is 0 Å². The van der Waals surface area contributed by atoms with Gasteiger partial charge >= 0.3 is 5.97 Å². The third-order valence-corrected chi connectivity index (χ3v) is 4.43. The molecule has 0 aromatic heterocycles. The molecule has 0 aromatic carbocycles. The van der Waals surface area contributed by atoms with Gasteiger partial charge in [0.1, 0.15) is 0 Å². The van der Waals surface area contributed by atoms with Crippen LogP contribution in [-0.2, 0) is 15.0 Å². The third-order valence-electron chi connectivity index (χ3n) is 2.54. The molecule has 0 amide bonds. The smallest absolute Gasteiger partial charge is 0.309 e. The Hall–Kier alpha value is -0.660. The Bertz CT molecular complexity index is 366. The molecule has 0 bridgehead atoms. The predicted molar refractivity (Wildman–Crippen MR) is 59.1 cm³/mol. The van der Waals surface area contributed by atoms with Crippen molar-refractivity contribution < 1.29 is 18.3 Å². The summed E-state index contributed by atoms with van der Waals surface area (Å²) in [6, 6.07) is 0. The molecule has 1 aliphatic rings. The van der Waals surface area contributed by atoms with E-state index in [4.69, 9.17) is 5.11 Å². The number of nitrogens with zero attached hydrogens (tertiary/aromatic N) is 2. The first-order valence-corrected chi connectivity index (χ1v) is 6.59. The zero-order valence-corrected chi connectivity index (χ0v) is 10.6. The minimum Gasteiger partial charge on any atom is -0.481 e. The van der Waals surface area contributed by atoms with Gasteiger partial charge in [0.25, 0.3) is 10.2 Å². The van der Waals surface area contributed by atoms with Gasteiger partial charge < -0.3 is 5.11 Å². The Morgan fingerprint density at radius 2 is 2.00 bits per heavy atom. The minimum atomic E-state index is -3.46. The molecule has 6 nitrogen and oxygen atoms in total. The summed E-state index contributed by atoms with van der Waals surface area (Å²) in [4.78, 5) is 10.9. The molecule has 0 aromatic rings. The van der Waals surface area contributed by atoms with Crippen molar-refractivity contribution >= 4 is 16.2 Å². The molecule has 1 unspecified atom stereocenters. The summed E-state index contributed by atoms with van der Waals surface area (Å²) in [7, 11) is -2.05. The number of aliphatic carboxylic acids is 1. The summed E-state index contributed by atoms with van der Waals surface area (Å²) in [5.74, 6) is -1.42. The number of hydrogen-bond donors (Lipinski definition) is 1. The van der Waals surface area contributed by atoms with E-state index in [0.717, 1.165) is 4.31 Å². The van der Waals surface area contributed by atoms with Gasteiger partial charge in [0, 0.05) is 26.7 Å². The van der Waals surface area contributed by atoms with E-state index in [1.54, 1.807) is 0 Å². The molecule has 0 spiro atoms. The molecule has 0 aliphatic carbocycles. The lowest BCUT2D eigenvalue weighted by molar-refractivity contribution is -0.142. The van der Waals surface area contributed by atoms with Crippen LogP contribution in [0.5, 0.6) is 0 Å². The second kappa shape index (κ2) is 4.68. The van der Waals surface area contributed by atoms with Gasteiger partial charge in [-0.3, -0.25) is 4.79 Å². The van der Waals surface area contributed by atoms with Gasteiger partial charge in [-0.15, -0.1) is 0 Å². The van der Waals surface area contributed by atoms with Crippen LogP contribution in [-0.4, -0.2) is 54.8 Å². The van der Waals surface area contributed by atoms with Gasteiger partial charge in [0.15, 0.2) is 0 Å². The zero-order valence-electron chi connectivity index (χ0n) is 9.75. The predicted octanol–water partition coefficient (Wildman–Crippen LogP) is -0.165. The molecule has 1 saturated heterocycles. The summed E-state index contributed by atoms with van der Waals surface area (Å²) >= 11 is 0. The molecule has 1 atom stereocenters. The quantitative estimate of drug-likeness (QED) is 0.754. The van der Waals surface area contributed by atoms with Gasteiger partial charge in [0.2, 0.25) is 0 Å². The Morgan fingerprint density at radius 1 is 1.44 bits per heavy atom. The number of carboxylic acids is 1. The van der Waals surface area contributed by atoms with E-state index in [2.05, 4.69) is 0 Å². The second-order valence-electron chi connectivity index (χ2n) is 4.53. The average Bonchev–Trinajstić information content (AvgIpc) is 2.12. The zero-order chi connectivity index (χ0) is 12.5. The van der Waals surface area contributed by atoms with Gasteiger partial charge in [-0.2, -0.15) is 17.0 Å². The molecular weight excluding hydrogens is 232 g/mol. The first kappa shape index (κ1) is 13.4. The molecular formula is C9H18N2O4S. The standard InChI is InChI=1S/C9H18N2O4S/c1-7(2)4-11-6-8(9(12)13)5-10(3)16(11,14)15/h7-8H,4-6H2,1-3H3,(H,12,13). The summed E-state index contributed by atoms with van der Waals surface area (Å²) in [6.07, 6.45) is 0. The lowest BCUT2D eigenvalue weighted by Gasteiger charge is -2.36. The maximum absolute atomic E-state index is 11.9. The molecule has 1 heterocycles. The van der Waals surface area contributed by atoms with Crippen LogP contribution in [0.2, 0.25) is 0 Å². The largest absolute Gasteiger partial charge is 0.481 e.